The van der Waals surface area contributed by atoms with Gasteiger partial charge in [-0.2, -0.15) is 4.31 Å². The minimum absolute atomic E-state index is 0.00120. The summed E-state index contributed by atoms with van der Waals surface area (Å²) in [4.78, 5) is 12.4. The molecule has 2 rings (SSSR count). The van der Waals surface area contributed by atoms with Crippen LogP contribution in [0, 0.1) is 0 Å². The summed E-state index contributed by atoms with van der Waals surface area (Å²) in [7, 11) is -2.44. The molecule has 0 radical (unpaired) electrons. The zero-order valence-corrected chi connectivity index (χ0v) is 18.1. The van der Waals surface area contributed by atoms with Crippen LogP contribution in [0.4, 0.5) is 0 Å². The molecule has 28 heavy (non-hydrogen) atoms. The number of sulfonamides is 1. The van der Waals surface area contributed by atoms with Crippen molar-refractivity contribution in [3.05, 3.63) is 58.1 Å². The highest BCUT2D eigenvalue weighted by molar-refractivity contribution is 7.89. The van der Waals surface area contributed by atoms with Crippen LogP contribution in [0.2, 0.25) is 10.0 Å². The van der Waals surface area contributed by atoms with Gasteiger partial charge in [0.1, 0.15) is 5.75 Å². The summed E-state index contributed by atoms with van der Waals surface area (Å²) in [5, 5.41) is 3.58. The van der Waals surface area contributed by atoms with Crippen LogP contribution in [0.25, 0.3) is 0 Å². The molecular formula is C19H22Cl2N2O4S. The normalized spacial score (nSPS) is 12.6. The summed E-state index contributed by atoms with van der Waals surface area (Å²) in [6.45, 7) is 3.31. The Morgan fingerprint density at radius 3 is 2.36 bits per heavy atom. The highest BCUT2D eigenvalue weighted by Crippen LogP contribution is 2.28. The second-order valence-electron chi connectivity index (χ2n) is 6.07. The summed E-state index contributed by atoms with van der Waals surface area (Å²) in [6.07, 6.45) is 0. The lowest BCUT2D eigenvalue weighted by molar-refractivity contribution is -0.121. The van der Waals surface area contributed by atoms with Gasteiger partial charge >= 0.3 is 0 Å². The molecule has 0 heterocycles. The molecule has 9 heteroatoms. The van der Waals surface area contributed by atoms with Crippen molar-refractivity contribution in [1.29, 1.82) is 0 Å². The van der Waals surface area contributed by atoms with Crippen molar-refractivity contribution in [2.45, 2.75) is 24.8 Å². The van der Waals surface area contributed by atoms with Crippen molar-refractivity contribution < 1.29 is 17.9 Å². The van der Waals surface area contributed by atoms with Crippen LogP contribution in [0.5, 0.6) is 5.75 Å². The molecule has 1 atom stereocenters. The molecule has 2 aromatic rings. The summed E-state index contributed by atoms with van der Waals surface area (Å²) in [5.74, 6) is -0.0364. The van der Waals surface area contributed by atoms with E-state index in [1.807, 2.05) is 6.92 Å². The first-order valence-corrected chi connectivity index (χ1v) is 10.8. The van der Waals surface area contributed by atoms with Gasteiger partial charge in [-0.3, -0.25) is 4.79 Å². The van der Waals surface area contributed by atoms with E-state index < -0.39 is 15.9 Å². The lowest BCUT2D eigenvalue weighted by Crippen LogP contribution is -2.41. The number of nitrogens with zero attached hydrogens (tertiary/aromatic N) is 1. The Morgan fingerprint density at radius 1 is 1.18 bits per heavy atom. The monoisotopic (exact) mass is 444 g/mol. The van der Waals surface area contributed by atoms with Crippen LogP contribution in [0.1, 0.15) is 25.5 Å². The number of rotatable bonds is 8. The number of nitrogens with one attached hydrogen (secondary N) is 1. The number of likely N-dealkylation sites (N-methyl/N-ethyl adjacent to an activating group) is 1. The van der Waals surface area contributed by atoms with Crippen LogP contribution in [0.3, 0.4) is 0 Å². The first-order chi connectivity index (χ1) is 13.2. The first-order valence-electron chi connectivity index (χ1n) is 8.57. The maximum atomic E-state index is 12.9. The van der Waals surface area contributed by atoms with Gasteiger partial charge in [0.05, 0.1) is 29.6 Å². The molecule has 0 fully saturated rings. The molecule has 0 saturated carbocycles. The number of amides is 1. The van der Waals surface area contributed by atoms with Gasteiger partial charge in [-0.1, -0.05) is 42.3 Å². The van der Waals surface area contributed by atoms with Crippen LogP contribution in [0.15, 0.2) is 47.4 Å². The Kier molecular flexibility index (Phi) is 7.71. The number of hydrogen-bond donors (Lipinski definition) is 1. The van der Waals surface area contributed by atoms with Crippen LogP contribution in [-0.4, -0.2) is 38.8 Å². The topological polar surface area (TPSA) is 75.7 Å². The lowest BCUT2D eigenvalue weighted by Gasteiger charge is -2.22. The molecule has 0 aliphatic rings. The van der Waals surface area contributed by atoms with Gasteiger partial charge in [-0.05, 0) is 42.8 Å². The van der Waals surface area contributed by atoms with Crippen molar-refractivity contribution in [3.63, 3.8) is 0 Å². The highest BCUT2D eigenvalue weighted by atomic mass is 35.5. The maximum Gasteiger partial charge on any atom is 0.243 e. The van der Waals surface area contributed by atoms with E-state index in [9.17, 15) is 13.2 Å². The van der Waals surface area contributed by atoms with Crippen molar-refractivity contribution in [2.24, 2.45) is 0 Å². The van der Waals surface area contributed by atoms with Crippen molar-refractivity contribution in [1.82, 2.24) is 9.62 Å². The fourth-order valence-corrected chi connectivity index (χ4v) is 4.49. The van der Waals surface area contributed by atoms with Gasteiger partial charge in [0.2, 0.25) is 15.9 Å². The van der Waals surface area contributed by atoms with Crippen LogP contribution in [-0.2, 0) is 14.8 Å². The predicted octanol–water partition coefficient (Wildman–Crippen LogP) is 3.89. The van der Waals surface area contributed by atoms with Gasteiger partial charge < -0.3 is 10.1 Å². The molecule has 1 N–H and O–H groups in total. The van der Waals surface area contributed by atoms with Crippen molar-refractivity contribution >= 4 is 39.1 Å². The minimum Gasteiger partial charge on any atom is -0.495 e. The summed E-state index contributed by atoms with van der Waals surface area (Å²) in [5.41, 5.74) is 0.866. The molecule has 0 saturated heterocycles. The van der Waals surface area contributed by atoms with E-state index in [1.165, 1.54) is 25.3 Å². The molecule has 0 spiro atoms. The second kappa shape index (κ2) is 9.60. The van der Waals surface area contributed by atoms with E-state index in [4.69, 9.17) is 27.9 Å². The molecule has 0 unspecified atom stereocenters. The van der Waals surface area contributed by atoms with Crippen molar-refractivity contribution in [2.75, 3.05) is 20.2 Å². The molecule has 152 valence electrons. The minimum atomic E-state index is -3.88. The van der Waals surface area contributed by atoms with E-state index in [0.29, 0.717) is 10.8 Å². The first kappa shape index (κ1) is 22.5. The van der Waals surface area contributed by atoms with Gasteiger partial charge in [-0.15, -0.1) is 0 Å². The maximum absolute atomic E-state index is 12.9. The van der Waals surface area contributed by atoms with Crippen LogP contribution >= 0.6 is 23.2 Å². The smallest absolute Gasteiger partial charge is 0.243 e. The Hall–Kier alpha value is -1.80. The third kappa shape index (κ3) is 5.38. The number of carbonyl (C=O) groups is 1. The molecule has 0 aliphatic carbocycles. The SMILES string of the molecule is CCN(CC(=O)N[C@H](C)c1ccc(Cl)cc1)S(=O)(=O)c1ccc(OC)c(Cl)c1. The van der Waals surface area contributed by atoms with E-state index >= 15 is 0 Å². The largest absolute Gasteiger partial charge is 0.495 e. The van der Waals surface area contributed by atoms with E-state index in [-0.39, 0.29) is 29.0 Å². The number of methoxy groups -OCH3 is 1. The lowest BCUT2D eigenvalue weighted by atomic mass is 10.1. The van der Waals surface area contributed by atoms with Gasteiger partial charge in [0, 0.05) is 11.6 Å². The highest BCUT2D eigenvalue weighted by Gasteiger charge is 2.26. The third-order valence-corrected chi connectivity index (χ3v) is 6.65. The molecule has 1 amide bonds. The standard InChI is InChI=1S/C19H22Cl2N2O4S/c1-4-23(28(25,26)16-9-10-18(27-3)17(21)11-16)12-19(24)22-13(2)14-5-7-15(20)8-6-14/h5-11,13H,4,12H2,1-3H3,(H,22,24)/t13-/m1/s1. The van der Waals surface area contributed by atoms with Crippen LogP contribution < -0.4 is 10.1 Å². The van der Waals surface area contributed by atoms with E-state index in [1.54, 1.807) is 31.2 Å². The van der Waals surface area contributed by atoms with Gasteiger partial charge in [0.15, 0.2) is 0 Å². The molecule has 0 bridgehead atoms. The molecule has 6 nitrogen and oxygen atoms in total. The Morgan fingerprint density at radius 2 is 1.82 bits per heavy atom. The van der Waals surface area contributed by atoms with Crippen molar-refractivity contribution in [3.8, 4) is 5.75 Å². The fourth-order valence-electron chi connectivity index (χ4n) is 2.61. The molecule has 2 aromatic carbocycles. The number of hydrogen-bond acceptors (Lipinski definition) is 4. The second-order valence-corrected chi connectivity index (χ2v) is 8.85. The Balaban J connectivity index is 2.12. The van der Waals surface area contributed by atoms with Gasteiger partial charge in [0.25, 0.3) is 0 Å². The predicted molar refractivity (Wildman–Crippen MR) is 110 cm³/mol. The molecule has 0 aliphatic heterocycles. The fraction of sp³-hybridized carbons (Fsp3) is 0.316. The average Bonchev–Trinajstić information content (AvgIpc) is 2.66. The van der Waals surface area contributed by atoms with E-state index in [0.717, 1.165) is 9.87 Å². The third-order valence-electron chi connectivity index (χ3n) is 4.18. The average molecular weight is 445 g/mol. The molecule has 0 aromatic heterocycles. The number of benzene rings is 2. The van der Waals surface area contributed by atoms with Gasteiger partial charge in [-0.25, -0.2) is 8.42 Å². The number of ether oxygens (including phenoxy) is 1. The Bertz CT molecular complexity index is 933. The van der Waals surface area contributed by atoms with E-state index in [2.05, 4.69) is 5.32 Å². The summed E-state index contributed by atoms with van der Waals surface area (Å²) in [6, 6.07) is 11.0. The summed E-state index contributed by atoms with van der Waals surface area (Å²) >= 11 is 11.9. The summed E-state index contributed by atoms with van der Waals surface area (Å²) < 4.78 is 31.9. The zero-order chi connectivity index (χ0) is 20.9. The molecular weight excluding hydrogens is 423 g/mol. The quantitative estimate of drug-likeness (QED) is 0.669. The number of carbonyl (C=O) groups excluding carboxylic acids is 1. The Labute approximate surface area is 175 Å². The number of halogens is 2. The zero-order valence-electron chi connectivity index (χ0n) is 15.8.